The Kier molecular flexibility index (Phi) is 3.01. The quantitative estimate of drug-likeness (QED) is 0.757. The zero-order chi connectivity index (χ0) is 16.7. The number of carbonyl (C=O) groups excluding carboxylic acids is 1. The molecule has 0 aromatic heterocycles. The minimum atomic E-state index is -0.854. The summed E-state index contributed by atoms with van der Waals surface area (Å²) in [5.41, 5.74) is -0.0682. The monoisotopic (exact) mass is 317 g/mol. The Labute approximate surface area is 139 Å². The van der Waals surface area contributed by atoms with Crippen molar-refractivity contribution in [3.8, 4) is 0 Å². The van der Waals surface area contributed by atoms with E-state index < -0.39 is 17.0 Å². The zero-order valence-corrected chi connectivity index (χ0v) is 14.5. The summed E-state index contributed by atoms with van der Waals surface area (Å²) in [6, 6.07) is 0. The molecular formula is C20H29O3-. The number of hydrogen-bond acceptors (Lipinski definition) is 3. The molecule has 0 heterocycles. The maximum absolute atomic E-state index is 11.9. The van der Waals surface area contributed by atoms with E-state index in [0.29, 0.717) is 5.92 Å². The van der Waals surface area contributed by atoms with Crippen molar-refractivity contribution in [2.45, 2.75) is 77.2 Å². The molecule has 4 aliphatic rings. The highest BCUT2D eigenvalue weighted by Gasteiger charge is 2.66. The molecule has 6 atom stereocenters. The van der Waals surface area contributed by atoms with Gasteiger partial charge in [-0.05, 0) is 79.6 Å². The highest BCUT2D eigenvalue weighted by molar-refractivity contribution is 5.72. The van der Waals surface area contributed by atoms with E-state index in [-0.39, 0.29) is 16.7 Å². The van der Waals surface area contributed by atoms with Crippen molar-refractivity contribution >= 4 is 5.97 Å². The fourth-order valence-electron chi connectivity index (χ4n) is 7.59. The van der Waals surface area contributed by atoms with Gasteiger partial charge in [0, 0.05) is 11.4 Å². The average Bonchev–Trinajstić information content (AvgIpc) is 2.63. The maximum Gasteiger partial charge on any atom is 0.0860 e. The van der Waals surface area contributed by atoms with Gasteiger partial charge in [0.25, 0.3) is 0 Å². The minimum absolute atomic E-state index is 0.0667. The van der Waals surface area contributed by atoms with Crippen LogP contribution in [0.2, 0.25) is 0 Å². The number of carboxylic acid groups (broad SMARTS) is 1. The SMILES string of the molecule is C=C1C[C@@]23CC[C@H]4[C@@](C)(CCC[C@@]4(C)C(=O)[O-])[C@@H]2CC[C@]1(O)C3. The molecule has 4 fully saturated rings. The molecule has 0 aromatic carbocycles. The van der Waals surface area contributed by atoms with Crippen LogP contribution in [0.15, 0.2) is 12.2 Å². The predicted octanol–water partition coefficient (Wildman–Crippen LogP) is 2.82. The summed E-state index contributed by atoms with van der Waals surface area (Å²) in [5.74, 6) is -0.121. The molecule has 0 radical (unpaired) electrons. The molecule has 1 N–H and O–H groups in total. The standard InChI is InChI=1S/C20H30O3/c1-13-11-19-9-5-14-17(2,7-4-8-18(14,3)16(21)22)15(19)6-10-20(13,23)12-19/h14-15,23H,1,4-12H2,2-3H3,(H,21,22)/p-1/t14-,15-,17+,18+,19+,20-/m0/s1. The number of fused-ring (bicyclic) bond motifs is 3. The van der Waals surface area contributed by atoms with Crippen LogP contribution >= 0.6 is 0 Å². The topological polar surface area (TPSA) is 60.4 Å². The first kappa shape index (κ1) is 15.7. The van der Waals surface area contributed by atoms with Gasteiger partial charge in [-0.15, -0.1) is 0 Å². The van der Waals surface area contributed by atoms with Crippen molar-refractivity contribution in [3.63, 3.8) is 0 Å². The molecule has 0 aromatic rings. The number of carboxylic acids is 1. The number of aliphatic hydroxyl groups is 1. The van der Waals surface area contributed by atoms with Crippen LogP contribution in [0.25, 0.3) is 0 Å². The van der Waals surface area contributed by atoms with Crippen LogP contribution in [0.3, 0.4) is 0 Å². The third-order valence-corrected chi connectivity index (χ3v) is 8.62. The van der Waals surface area contributed by atoms with Gasteiger partial charge in [-0.25, -0.2) is 0 Å². The van der Waals surface area contributed by atoms with Crippen molar-refractivity contribution in [3.05, 3.63) is 12.2 Å². The fraction of sp³-hybridized carbons (Fsp3) is 0.850. The summed E-state index contributed by atoms with van der Waals surface area (Å²) in [6.07, 6.45) is 8.49. The maximum atomic E-state index is 11.9. The van der Waals surface area contributed by atoms with Crippen molar-refractivity contribution in [2.75, 3.05) is 0 Å². The Balaban J connectivity index is 1.76. The van der Waals surface area contributed by atoms with E-state index in [0.717, 1.165) is 63.4 Å². The molecule has 1 spiro atoms. The van der Waals surface area contributed by atoms with E-state index in [1.165, 1.54) is 0 Å². The van der Waals surface area contributed by atoms with Gasteiger partial charge in [0.1, 0.15) is 0 Å². The number of aliphatic carboxylic acids is 1. The first-order valence-corrected chi connectivity index (χ1v) is 9.29. The first-order chi connectivity index (χ1) is 10.7. The van der Waals surface area contributed by atoms with Gasteiger partial charge in [0.05, 0.1) is 5.60 Å². The van der Waals surface area contributed by atoms with Crippen LogP contribution in [0.1, 0.15) is 71.6 Å². The van der Waals surface area contributed by atoms with E-state index in [2.05, 4.69) is 13.5 Å². The number of carbonyl (C=O) groups is 1. The van der Waals surface area contributed by atoms with Crippen LogP contribution in [0, 0.1) is 28.1 Å². The van der Waals surface area contributed by atoms with Gasteiger partial charge in [0.2, 0.25) is 0 Å². The van der Waals surface area contributed by atoms with Crippen LogP contribution in [0.4, 0.5) is 0 Å². The highest BCUT2D eigenvalue weighted by Crippen LogP contribution is 2.72. The van der Waals surface area contributed by atoms with E-state index >= 15 is 0 Å². The Morgan fingerprint density at radius 1 is 1.17 bits per heavy atom. The molecule has 0 saturated heterocycles. The summed E-state index contributed by atoms with van der Waals surface area (Å²) in [5, 5.41) is 22.8. The van der Waals surface area contributed by atoms with Crippen molar-refractivity contribution in [1.82, 2.24) is 0 Å². The Hall–Kier alpha value is -0.830. The second-order valence-electron chi connectivity index (χ2n) is 9.60. The third-order valence-electron chi connectivity index (χ3n) is 8.62. The fourth-order valence-corrected chi connectivity index (χ4v) is 7.59. The van der Waals surface area contributed by atoms with Gasteiger partial charge in [-0.2, -0.15) is 0 Å². The third kappa shape index (κ3) is 1.78. The Bertz CT molecular complexity index is 583. The molecule has 4 saturated carbocycles. The smallest absolute Gasteiger partial charge is 0.0860 e. The molecule has 0 unspecified atom stereocenters. The minimum Gasteiger partial charge on any atom is -0.550 e. The number of rotatable bonds is 1. The lowest BCUT2D eigenvalue weighted by molar-refractivity contribution is -0.328. The number of hydrogen-bond donors (Lipinski definition) is 1. The summed E-state index contributed by atoms with van der Waals surface area (Å²) in [6.45, 7) is 8.45. The average molecular weight is 317 g/mol. The molecule has 4 aliphatic carbocycles. The molecule has 3 nitrogen and oxygen atoms in total. The molecule has 2 bridgehead atoms. The molecule has 4 rings (SSSR count). The van der Waals surface area contributed by atoms with E-state index in [1.807, 2.05) is 6.92 Å². The lowest BCUT2D eigenvalue weighted by Gasteiger charge is -2.64. The highest BCUT2D eigenvalue weighted by atomic mass is 16.4. The molecule has 23 heavy (non-hydrogen) atoms. The zero-order valence-electron chi connectivity index (χ0n) is 14.5. The summed E-state index contributed by atoms with van der Waals surface area (Å²) < 4.78 is 0. The van der Waals surface area contributed by atoms with Crippen LogP contribution < -0.4 is 5.11 Å². The van der Waals surface area contributed by atoms with Crippen molar-refractivity contribution in [2.24, 2.45) is 28.1 Å². The molecular weight excluding hydrogens is 288 g/mol. The van der Waals surface area contributed by atoms with Gasteiger partial charge in [-0.1, -0.05) is 26.8 Å². The van der Waals surface area contributed by atoms with Crippen molar-refractivity contribution in [1.29, 1.82) is 0 Å². The molecule has 0 aliphatic heterocycles. The van der Waals surface area contributed by atoms with E-state index in [1.54, 1.807) is 0 Å². The van der Waals surface area contributed by atoms with Crippen LogP contribution in [-0.2, 0) is 4.79 Å². The normalized spacial score (nSPS) is 55.2. The first-order valence-electron chi connectivity index (χ1n) is 9.29. The van der Waals surface area contributed by atoms with Crippen LogP contribution in [0.5, 0.6) is 0 Å². The van der Waals surface area contributed by atoms with Gasteiger partial charge in [-0.3, -0.25) is 0 Å². The molecule has 3 heteroatoms. The summed E-state index contributed by atoms with van der Waals surface area (Å²) in [7, 11) is 0. The predicted molar refractivity (Wildman–Crippen MR) is 86.3 cm³/mol. The molecule has 128 valence electrons. The van der Waals surface area contributed by atoms with Gasteiger partial charge in [0.15, 0.2) is 0 Å². The van der Waals surface area contributed by atoms with Gasteiger partial charge < -0.3 is 15.0 Å². The lowest BCUT2D eigenvalue weighted by atomic mass is 9.41. The van der Waals surface area contributed by atoms with E-state index in [9.17, 15) is 15.0 Å². The van der Waals surface area contributed by atoms with Gasteiger partial charge >= 0.3 is 0 Å². The summed E-state index contributed by atoms with van der Waals surface area (Å²) >= 11 is 0. The lowest BCUT2D eigenvalue weighted by Crippen LogP contribution is -2.61. The Morgan fingerprint density at radius 3 is 2.57 bits per heavy atom. The van der Waals surface area contributed by atoms with Crippen molar-refractivity contribution < 1.29 is 15.0 Å². The second kappa shape index (κ2) is 4.41. The largest absolute Gasteiger partial charge is 0.550 e. The second-order valence-corrected chi connectivity index (χ2v) is 9.60. The Morgan fingerprint density at radius 2 is 1.87 bits per heavy atom. The van der Waals surface area contributed by atoms with Crippen LogP contribution in [-0.4, -0.2) is 16.7 Å². The van der Waals surface area contributed by atoms with E-state index in [4.69, 9.17) is 0 Å². The summed E-state index contributed by atoms with van der Waals surface area (Å²) in [4.78, 5) is 11.9. The molecule has 0 amide bonds.